The summed E-state index contributed by atoms with van der Waals surface area (Å²) in [4.78, 5) is 16.6. The molecule has 1 amide bonds. The number of para-hydroxylation sites is 1. The lowest BCUT2D eigenvalue weighted by Crippen LogP contribution is -2.15. The highest BCUT2D eigenvalue weighted by atomic mass is 32.2. The highest BCUT2D eigenvalue weighted by molar-refractivity contribution is 7.92. The Morgan fingerprint density at radius 2 is 1.84 bits per heavy atom. The van der Waals surface area contributed by atoms with Crippen molar-refractivity contribution < 1.29 is 17.9 Å². The van der Waals surface area contributed by atoms with Gasteiger partial charge in [-0.15, -0.1) is 0 Å². The van der Waals surface area contributed by atoms with Gasteiger partial charge in [0.1, 0.15) is 10.6 Å². The number of pyridine rings is 1. The normalized spacial score (nSPS) is 12.9. The van der Waals surface area contributed by atoms with E-state index in [9.17, 15) is 13.2 Å². The van der Waals surface area contributed by atoms with Crippen LogP contribution in [0.1, 0.15) is 19.4 Å². The van der Waals surface area contributed by atoms with E-state index in [0.29, 0.717) is 33.6 Å². The summed E-state index contributed by atoms with van der Waals surface area (Å²) < 4.78 is 34.4. The molecule has 0 aliphatic carbocycles. The van der Waals surface area contributed by atoms with Crippen LogP contribution in [0.3, 0.4) is 0 Å². The number of sulfonamides is 1. The molecule has 0 unspecified atom stereocenters. The summed E-state index contributed by atoms with van der Waals surface area (Å²) in [6.07, 6.45) is 3.28. The van der Waals surface area contributed by atoms with Crippen molar-refractivity contribution in [3.05, 3.63) is 72.1 Å². The van der Waals surface area contributed by atoms with Crippen molar-refractivity contribution in [1.29, 1.82) is 0 Å². The van der Waals surface area contributed by atoms with Crippen LogP contribution in [0, 0.1) is 0 Å². The number of rotatable bonds is 5. The first kappa shape index (κ1) is 20.6. The molecule has 1 aliphatic heterocycles. The molecule has 158 valence electrons. The Hall–Kier alpha value is -3.65. The highest BCUT2D eigenvalue weighted by Gasteiger charge is 2.29. The zero-order valence-corrected chi connectivity index (χ0v) is 18.1. The van der Waals surface area contributed by atoms with Crippen molar-refractivity contribution in [3.8, 4) is 16.9 Å². The lowest BCUT2D eigenvalue weighted by atomic mass is 9.97. The van der Waals surface area contributed by atoms with Gasteiger partial charge in [0.15, 0.2) is 0 Å². The molecule has 0 atom stereocenters. The molecule has 0 saturated carbocycles. The Morgan fingerprint density at radius 3 is 2.52 bits per heavy atom. The molecule has 0 fully saturated rings. The summed E-state index contributed by atoms with van der Waals surface area (Å²) in [5.74, 6) is 0.0257. The first-order valence-corrected chi connectivity index (χ1v) is 11.0. The van der Waals surface area contributed by atoms with E-state index in [1.54, 1.807) is 48.8 Å². The lowest BCUT2D eigenvalue weighted by molar-refractivity contribution is -0.110. The van der Waals surface area contributed by atoms with Crippen LogP contribution in [0.2, 0.25) is 0 Å². The predicted molar refractivity (Wildman–Crippen MR) is 120 cm³/mol. The number of aromatic nitrogens is 1. The summed E-state index contributed by atoms with van der Waals surface area (Å²) in [6, 6.07) is 13.4. The Morgan fingerprint density at radius 1 is 1.06 bits per heavy atom. The van der Waals surface area contributed by atoms with Crippen molar-refractivity contribution in [3.63, 3.8) is 0 Å². The number of nitrogens with zero attached hydrogens (tertiary/aromatic N) is 1. The van der Waals surface area contributed by atoms with E-state index in [2.05, 4.69) is 15.0 Å². The number of carbonyl (C=O) groups is 1. The largest absolute Gasteiger partial charge is 0.495 e. The first-order chi connectivity index (χ1) is 14.8. The Kier molecular flexibility index (Phi) is 5.24. The van der Waals surface area contributed by atoms with Crippen LogP contribution in [0.15, 0.2) is 71.4 Å². The fourth-order valence-electron chi connectivity index (χ4n) is 3.60. The van der Waals surface area contributed by atoms with E-state index in [1.807, 2.05) is 19.9 Å². The highest BCUT2D eigenvalue weighted by Crippen LogP contribution is 2.42. The van der Waals surface area contributed by atoms with Gasteiger partial charge in [0.25, 0.3) is 15.9 Å². The number of ether oxygens (including phenoxy) is 1. The molecule has 0 radical (unpaired) electrons. The van der Waals surface area contributed by atoms with Gasteiger partial charge in [-0.25, -0.2) is 8.42 Å². The molecule has 7 nitrogen and oxygen atoms in total. The average Bonchev–Trinajstić information content (AvgIpc) is 3.08. The number of nitrogens with one attached hydrogen (secondary N) is 2. The van der Waals surface area contributed by atoms with E-state index in [4.69, 9.17) is 4.74 Å². The lowest BCUT2D eigenvalue weighted by Gasteiger charge is -2.16. The summed E-state index contributed by atoms with van der Waals surface area (Å²) in [5.41, 5.74) is 4.29. The van der Waals surface area contributed by atoms with Crippen LogP contribution in [0.5, 0.6) is 5.75 Å². The number of benzene rings is 2. The summed E-state index contributed by atoms with van der Waals surface area (Å²) >= 11 is 0. The third-order valence-electron chi connectivity index (χ3n) is 4.98. The molecule has 0 spiro atoms. The van der Waals surface area contributed by atoms with Gasteiger partial charge >= 0.3 is 0 Å². The first-order valence-electron chi connectivity index (χ1n) is 9.55. The van der Waals surface area contributed by atoms with E-state index in [-0.39, 0.29) is 16.6 Å². The molecule has 4 rings (SSSR count). The van der Waals surface area contributed by atoms with Gasteiger partial charge in [-0.3, -0.25) is 14.5 Å². The molecule has 2 aromatic carbocycles. The standard InChI is InChI=1S/C23H21N3O4S/c1-14(2)22-17-12-19(26-31(28,29)21-9-5-4-8-20(21)30-3)16(11-18(17)25-23(22)27)15-7-6-10-24-13-15/h4-13,26H,1-3H3,(H,25,27). The van der Waals surface area contributed by atoms with E-state index in [0.717, 1.165) is 5.57 Å². The third kappa shape index (κ3) is 3.77. The molecular weight excluding hydrogens is 414 g/mol. The Balaban J connectivity index is 1.91. The van der Waals surface area contributed by atoms with Crippen LogP contribution in [0.25, 0.3) is 16.7 Å². The maximum atomic E-state index is 13.2. The Bertz CT molecular complexity index is 1310. The fourth-order valence-corrected chi connectivity index (χ4v) is 4.84. The average molecular weight is 436 g/mol. The quantitative estimate of drug-likeness (QED) is 0.582. The minimum atomic E-state index is -3.97. The van der Waals surface area contributed by atoms with Gasteiger partial charge in [0.2, 0.25) is 0 Å². The molecule has 31 heavy (non-hydrogen) atoms. The predicted octanol–water partition coefficient (Wildman–Crippen LogP) is 4.30. The summed E-state index contributed by atoms with van der Waals surface area (Å²) in [5, 5.41) is 2.86. The molecule has 2 heterocycles. The minimum absolute atomic E-state index is 0.0202. The van der Waals surface area contributed by atoms with Crippen molar-refractivity contribution in [2.75, 3.05) is 17.1 Å². The van der Waals surface area contributed by atoms with Gasteiger partial charge in [-0.2, -0.15) is 0 Å². The number of carbonyl (C=O) groups excluding carboxylic acids is 1. The van der Waals surface area contributed by atoms with Gasteiger partial charge in [-0.05, 0) is 44.2 Å². The van der Waals surface area contributed by atoms with Crippen molar-refractivity contribution in [2.45, 2.75) is 18.7 Å². The summed E-state index contributed by atoms with van der Waals surface area (Å²) in [7, 11) is -2.55. The second-order valence-corrected chi connectivity index (χ2v) is 8.92. The molecule has 8 heteroatoms. The van der Waals surface area contributed by atoms with Gasteiger partial charge in [-0.1, -0.05) is 23.8 Å². The topological polar surface area (TPSA) is 97.4 Å². The van der Waals surface area contributed by atoms with E-state index >= 15 is 0 Å². The number of anilines is 2. The Labute approximate surface area is 180 Å². The smallest absolute Gasteiger partial charge is 0.265 e. The minimum Gasteiger partial charge on any atom is -0.495 e. The number of hydrogen-bond acceptors (Lipinski definition) is 5. The van der Waals surface area contributed by atoms with E-state index < -0.39 is 10.0 Å². The summed E-state index contributed by atoms with van der Waals surface area (Å²) in [6.45, 7) is 3.69. The van der Waals surface area contributed by atoms with Gasteiger partial charge in [0, 0.05) is 40.3 Å². The number of methoxy groups -OCH3 is 1. The molecule has 3 aromatic rings. The fraction of sp³-hybridized carbons (Fsp3) is 0.130. The van der Waals surface area contributed by atoms with Crippen molar-refractivity contribution in [1.82, 2.24) is 4.98 Å². The second kappa shape index (κ2) is 7.88. The van der Waals surface area contributed by atoms with Crippen LogP contribution in [-0.4, -0.2) is 26.4 Å². The monoisotopic (exact) mass is 435 g/mol. The molecular formula is C23H21N3O4S. The molecule has 0 bridgehead atoms. The van der Waals surface area contributed by atoms with Crippen LogP contribution in [0.4, 0.5) is 11.4 Å². The van der Waals surface area contributed by atoms with E-state index in [1.165, 1.54) is 13.2 Å². The molecule has 1 aliphatic rings. The van der Waals surface area contributed by atoms with Gasteiger partial charge < -0.3 is 10.1 Å². The zero-order valence-electron chi connectivity index (χ0n) is 17.3. The zero-order chi connectivity index (χ0) is 22.2. The number of fused-ring (bicyclic) bond motifs is 1. The molecule has 0 saturated heterocycles. The molecule has 1 aromatic heterocycles. The maximum absolute atomic E-state index is 13.2. The van der Waals surface area contributed by atoms with Crippen LogP contribution < -0.4 is 14.8 Å². The van der Waals surface area contributed by atoms with Crippen LogP contribution >= 0.6 is 0 Å². The maximum Gasteiger partial charge on any atom is 0.265 e. The van der Waals surface area contributed by atoms with Crippen molar-refractivity contribution >= 4 is 32.9 Å². The SMILES string of the molecule is COc1ccccc1S(=O)(=O)Nc1cc2c(cc1-c1cccnc1)NC(=O)C2=C(C)C. The second-order valence-electron chi connectivity index (χ2n) is 7.27. The van der Waals surface area contributed by atoms with Gasteiger partial charge in [0.05, 0.1) is 12.8 Å². The third-order valence-corrected chi connectivity index (χ3v) is 6.38. The number of hydrogen-bond donors (Lipinski definition) is 2. The molecule has 2 N–H and O–H groups in total. The van der Waals surface area contributed by atoms with Crippen LogP contribution in [-0.2, 0) is 14.8 Å². The van der Waals surface area contributed by atoms with Crippen molar-refractivity contribution in [2.24, 2.45) is 0 Å². The number of amides is 1. The number of allylic oxidation sites excluding steroid dienone is 1.